The van der Waals surface area contributed by atoms with Crippen molar-refractivity contribution in [1.82, 2.24) is 5.32 Å². The van der Waals surface area contributed by atoms with Crippen LogP contribution in [-0.2, 0) is 15.0 Å². The Morgan fingerprint density at radius 1 is 0.868 bits per heavy atom. The zero-order valence-electron chi connectivity index (χ0n) is 21.4. The Kier molecular flexibility index (Phi) is 5.46. The lowest BCUT2D eigenvalue weighted by molar-refractivity contribution is -0.122. The molecule has 7 heteroatoms. The highest BCUT2D eigenvalue weighted by molar-refractivity contribution is 6.39. The highest BCUT2D eigenvalue weighted by Gasteiger charge is 2.51. The molecule has 1 N–H and O–H groups in total. The molecule has 6 fully saturated rings. The van der Waals surface area contributed by atoms with Crippen LogP contribution in [0.5, 0.6) is 0 Å². The zero-order valence-corrected chi connectivity index (χ0v) is 21.4. The van der Waals surface area contributed by atoms with E-state index >= 15 is 0 Å². The summed E-state index contributed by atoms with van der Waals surface area (Å²) in [5.41, 5.74) is 2.67. The summed E-state index contributed by atoms with van der Waals surface area (Å²) in [6.45, 7) is 1.63. The summed E-state index contributed by atoms with van der Waals surface area (Å²) in [7, 11) is 0. The number of nitrogens with zero attached hydrogens (tertiary/aromatic N) is 2. The fourth-order valence-corrected chi connectivity index (χ4v) is 8.31. The van der Waals surface area contributed by atoms with Gasteiger partial charge < -0.3 is 4.90 Å². The Balaban J connectivity index is 1.15. The predicted octanol–water partition coefficient (Wildman–Crippen LogP) is 5.56. The number of amides is 4. The van der Waals surface area contributed by atoms with E-state index in [2.05, 4.69) is 17.4 Å². The van der Waals surface area contributed by atoms with E-state index in [0.717, 1.165) is 48.6 Å². The molecule has 0 unspecified atom stereocenters. The van der Waals surface area contributed by atoms with Crippen LogP contribution in [0.25, 0.3) is 6.08 Å². The van der Waals surface area contributed by atoms with Crippen LogP contribution in [0.4, 0.5) is 20.6 Å². The molecule has 6 nitrogen and oxygen atoms in total. The number of hydrogen-bond donors (Lipinski definition) is 1. The van der Waals surface area contributed by atoms with Gasteiger partial charge in [0.15, 0.2) is 0 Å². The molecule has 2 saturated heterocycles. The second-order valence-electron chi connectivity index (χ2n) is 12.1. The molecule has 4 aliphatic carbocycles. The van der Waals surface area contributed by atoms with Gasteiger partial charge in [-0.2, -0.15) is 0 Å². The molecule has 8 rings (SSSR count). The second kappa shape index (κ2) is 8.79. The van der Waals surface area contributed by atoms with E-state index in [1.54, 1.807) is 12.1 Å². The molecule has 2 aromatic carbocycles. The fraction of sp³-hybridized carbons (Fsp3) is 0.452. The van der Waals surface area contributed by atoms with Crippen molar-refractivity contribution in [1.29, 1.82) is 0 Å². The minimum Gasteiger partial charge on any atom is -0.369 e. The Hall–Kier alpha value is -3.48. The van der Waals surface area contributed by atoms with Crippen molar-refractivity contribution in [3.05, 3.63) is 65.0 Å². The zero-order chi connectivity index (χ0) is 26.0. The molecule has 4 saturated carbocycles. The topological polar surface area (TPSA) is 69.7 Å². The lowest BCUT2D eigenvalue weighted by Gasteiger charge is -2.57. The largest absolute Gasteiger partial charge is 0.369 e. The maximum absolute atomic E-state index is 14.8. The first-order valence-electron chi connectivity index (χ1n) is 13.9. The number of urea groups is 1. The summed E-state index contributed by atoms with van der Waals surface area (Å²) in [4.78, 5) is 41.8. The summed E-state index contributed by atoms with van der Waals surface area (Å²) in [6, 6.07) is 11.7. The van der Waals surface area contributed by atoms with Crippen molar-refractivity contribution >= 4 is 35.3 Å². The molecule has 2 aliphatic heterocycles. The molecule has 4 amide bonds. The first-order chi connectivity index (χ1) is 18.4. The third-order valence-electron chi connectivity index (χ3n) is 9.61. The van der Waals surface area contributed by atoms with E-state index in [1.807, 2.05) is 17.0 Å². The lowest BCUT2D eigenvalue weighted by atomic mass is 9.48. The third kappa shape index (κ3) is 3.86. The average Bonchev–Trinajstić information content (AvgIpc) is 3.41. The SMILES string of the molecule is O=C1NC(=O)N(c2ccc(C34CC5CC(CC(C5)C3)C4)cc2)C(=O)/C1=C/c1ccc(N2CCCC2)c(F)c1. The smallest absolute Gasteiger partial charge is 0.335 e. The van der Waals surface area contributed by atoms with E-state index in [0.29, 0.717) is 16.9 Å². The highest BCUT2D eigenvalue weighted by atomic mass is 19.1. The summed E-state index contributed by atoms with van der Waals surface area (Å²) < 4.78 is 14.8. The van der Waals surface area contributed by atoms with E-state index in [4.69, 9.17) is 0 Å². The van der Waals surface area contributed by atoms with Gasteiger partial charge in [-0.1, -0.05) is 18.2 Å². The Bertz CT molecular complexity index is 1320. The molecule has 0 radical (unpaired) electrons. The summed E-state index contributed by atoms with van der Waals surface area (Å²) in [6.07, 6.45) is 11.2. The Morgan fingerprint density at radius 2 is 1.50 bits per heavy atom. The monoisotopic (exact) mass is 513 g/mol. The number of carbonyl (C=O) groups is 3. The first kappa shape index (κ1) is 23.6. The number of anilines is 2. The summed E-state index contributed by atoms with van der Waals surface area (Å²) >= 11 is 0. The maximum Gasteiger partial charge on any atom is 0.335 e. The number of nitrogens with one attached hydrogen (secondary N) is 1. The normalized spacial score (nSPS) is 31.4. The number of hydrogen-bond acceptors (Lipinski definition) is 4. The molecule has 2 aromatic rings. The number of carbonyl (C=O) groups excluding carboxylic acids is 3. The van der Waals surface area contributed by atoms with E-state index in [9.17, 15) is 18.8 Å². The molecule has 4 bridgehead atoms. The van der Waals surface area contributed by atoms with Gasteiger partial charge in [-0.05, 0) is 116 Å². The number of imide groups is 2. The molecule has 0 aromatic heterocycles. The van der Waals surface area contributed by atoms with Gasteiger partial charge in [-0.25, -0.2) is 14.1 Å². The molecular weight excluding hydrogens is 481 g/mol. The standard InChI is InChI=1S/C31H32FN3O3/c32-26-15-19(3-8-27(26)34-9-1-2-10-34)14-25-28(36)33-30(38)35(29(25)37)24-6-4-23(5-7-24)31-16-20-11-21(17-31)13-22(12-20)18-31/h3-8,14-15,20-22H,1-2,9-13,16-18H2,(H,33,36,38)/b25-14+. The van der Waals surface area contributed by atoms with E-state index < -0.39 is 23.7 Å². The Labute approximate surface area is 221 Å². The van der Waals surface area contributed by atoms with E-state index in [-0.39, 0.29) is 11.0 Å². The van der Waals surface area contributed by atoms with Crippen LogP contribution >= 0.6 is 0 Å². The van der Waals surface area contributed by atoms with Gasteiger partial charge in [0, 0.05) is 13.1 Å². The fourth-order valence-electron chi connectivity index (χ4n) is 8.31. The molecule has 38 heavy (non-hydrogen) atoms. The average molecular weight is 514 g/mol. The van der Waals surface area contributed by atoms with Crippen molar-refractivity contribution in [2.75, 3.05) is 22.9 Å². The van der Waals surface area contributed by atoms with Crippen molar-refractivity contribution in [2.45, 2.75) is 56.8 Å². The Morgan fingerprint density at radius 3 is 2.11 bits per heavy atom. The van der Waals surface area contributed by atoms with Gasteiger partial charge in [-0.15, -0.1) is 0 Å². The molecule has 196 valence electrons. The van der Waals surface area contributed by atoms with Gasteiger partial charge in [0.25, 0.3) is 11.8 Å². The number of rotatable bonds is 4. The number of barbiturate groups is 1. The third-order valence-corrected chi connectivity index (χ3v) is 9.61. The lowest BCUT2D eigenvalue weighted by Crippen LogP contribution is -2.54. The molecule has 0 atom stereocenters. The molecular formula is C31H32FN3O3. The highest BCUT2D eigenvalue weighted by Crippen LogP contribution is 2.60. The second-order valence-corrected chi connectivity index (χ2v) is 12.1. The van der Waals surface area contributed by atoms with Gasteiger partial charge in [0.1, 0.15) is 11.4 Å². The van der Waals surface area contributed by atoms with Crippen LogP contribution in [0, 0.1) is 23.6 Å². The van der Waals surface area contributed by atoms with Gasteiger partial charge >= 0.3 is 6.03 Å². The van der Waals surface area contributed by atoms with Crippen molar-refractivity contribution in [3.63, 3.8) is 0 Å². The summed E-state index contributed by atoms with van der Waals surface area (Å²) in [5.74, 6) is 0.601. The van der Waals surface area contributed by atoms with Gasteiger partial charge in [0.05, 0.1) is 11.4 Å². The van der Waals surface area contributed by atoms with Crippen molar-refractivity contribution in [3.8, 4) is 0 Å². The van der Waals surface area contributed by atoms with E-state index in [1.165, 1.54) is 56.2 Å². The van der Waals surface area contributed by atoms with Crippen LogP contribution < -0.4 is 15.1 Å². The van der Waals surface area contributed by atoms with Crippen LogP contribution in [0.15, 0.2) is 48.0 Å². The number of halogens is 1. The van der Waals surface area contributed by atoms with Crippen molar-refractivity contribution < 1.29 is 18.8 Å². The molecule has 6 aliphatic rings. The van der Waals surface area contributed by atoms with Crippen LogP contribution in [0.2, 0.25) is 0 Å². The molecule has 2 heterocycles. The summed E-state index contributed by atoms with van der Waals surface area (Å²) in [5, 5.41) is 2.28. The minimum atomic E-state index is -0.773. The first-order valence-corrected chi connectivity index (χ1v) is 13.9. The van der Waals surface area contributed by atoms with Crippen LogP contribution in [0.1, 0.15) is 62.5 Å². The van der Waals surface area contributed by atoms with Gasteiger partial charge in [0.2, 0.25) is 0 Å². The predicted molar refractivity (Wildman–Crippen MR) is 143 cm³/mol. The molecule has 0 spiro atoms. The van der Waals surface area contributed by atoms with Gasteiger partial charge in [-0.3, -0.25) is 14.9 Å². The maximum atomic E-state index is 14.8. The minimum absolute atomic E-state index is 0.192. The van der Waals surface area contributed by atoms with Crippen LogP contribution in [-0.4, -0.2) is 30.9 Å². The number of benzene rings is 2. The van der Waals surface area contributed by atoms with Crippen molar-refractivity contribution in [2.24, 2.45) is 17.8 Å². The van der Waals surface area contributed by atoms with Crippen LogP contribution in [0.3, 0.4) is 0 Å². The quantitative estimate of drug-likeness (QED) is 0.429.